The second-order valence-electron chi connectivity index (χ2n) is 7.29. The molecule has 2 saturated heterocycles. The molecule has 2 aliphatic heterocycles. The fourth-order valence-corrected chi connectivity index (χ4v) is 4.09. The molecule has 0 spiro atoms. The van der Waals surface area contributed by atoms with E-state index < -0.39 is 0 Å². The Kier molecular flexibility index (Phi) is 4.17. The summed E-state index contributed by atoms with van der Waals surface area (Å²) in [5.74, 6) is 0.989. The van der Waals surface area contributed by atoms with E-state index in [1.165, 1.54) is 12.8 Å². The first-order valence-corrected chi connectivity index (χ1v) is 9.10. The van der Waals surface area contributed by atoms with Gasteiger partial charge in [-0.2, -0.15) is 0 Å². The van der Waals surface area contributed by atoms with Crippen LogP contribution in [0.5, 0.6) is 0 Å². The molecule has 1 aliphatic carbocycles. The molecule has 1 aromatic carbocycles. The minimum absolute atomic E-state index is 0.00655. The van der Waals surface area contributed by atoms with Gasteiger partial charge in [0.15, 0.2) is 0 Å². The molecule has 5 heteroatoms. The zero-order valence-corrected chi connectivity index (χ0v) is 14.0. The second-order valence-corrected chi connectivity index (χ2v) is 7.29. The Bertz CT molecular complexity index is 614. The summed E-state index contributed by atoms with van der Waals surface area (Å²) in [4.78, 5) is 28.9. The zero-order valence-electron chi connectivity index (χ0n) is 14.0. The van der Waals surface area contributed by atoms with E-state index in [1.807, 2.05) is 35.2 Å². The van der Waals surface area contributed by atoms with Gasteiger partial charge in [-0.1, -0.05) is 30.3 Å². The van der Waals surface area contributed by atoms with Crippen LogP contribution in [0.4, 0.5) is 4.79 Å². The summed E-state index contributed by atoms with van der Waals surface area (Å²) in [6.07, 6.45) is 4.81. The van der Waals surface area contributed by atoms with Gasteiger partial charge in [0.2, 0.25) is 5.91 Å². The normalized spacial score (nSPS) is 26.4. The highest BCUT2D eigenvalue weighted by Gasteiger charge is 2.45. The van der Waals surface area contributed by atoms with Gasteiger partial charge in [0.25, 0.3) is 0 Å². The first-order valence-electron chi connectivity index (χ1n) is 9.10. The van der Waals surface area contributed by atoms with Crippen molar-refractivity contribution in [3.63, 3.8) is 0 Å². The van der Waals surface area contributed by atoms with Crippen molar-refractivity contribution in [1.82, 2.24) is 15.1 Å². The van der Waals surface area contributed by atoms with E-state index in [-0.39, 0.29) is 24.0 Å². The van der Waals surface area contributed by atoms with Crippen LogP contribution in [-0.2, 0) is 11.3 Å². The Hall–Kier alpha value is -2.04. The smallest absolute Gasteiger partial charge is 0.317 e. The number of carbonyl (C=O) groups is 2. The fraction of sp³-hybridized carbons (Fsp3) is 0.579. The van der Waals surface area contributed by atoms with Crippen molar-refractivity contribution in [2.75, 3.05) is 13.1 Å². The molecule has 128 valence electrons. The summed E-state index contributed by atoms with van der Waals surface area (Å²) < 4.78 is 0. The molecule has 3 aliphatic rings. The Morgan fingerprint density at radius 1 is 1.08 bits per heavy atom. The monoisotopic (exact) mass is 327 g/mol. The van der Waals surface area contributed by atoms with E-state index in [2.05, 4.69) is 10.2 Å². The number of carbonyl (C=O) groups excluding carboxylic acids is 2. The van der Waals surface area contributed by atoms with Crippen LogP contribution in [0.1, 0.15) is 37.7 Å². The highest BCUT2D eigenvalue weighted by atomic mass is 16.2. The third-order valence-electron chi connectivity index (χ3n) is 5.58. The molecule has 3 fully saturated rings. The van der Waals surface area contributed by atoms with E-state index in [0.717, 1.165) is 31.5 Å². The molecule has 1 aromatic rings. The molecule has 5 nitrogen and oxygen atoms in total. The van der Waals surface area contributed by atoms with Gasteiger partial charge < -0.3 is 15.1 Å². The van der Waals surface area contributed by atoms with Crippen molar-refractivity contribution < 1.29 is 9.59 Å². The van der Waals surface area contributed by atoms with Crippen LogP contribution in [0.15, 0.2) is 30.3 Å². The van der Waals surface area contributed by atoms with Gasteiger partial charge in [-0.25, -0.2) is 4.79 Å². The summed E-state index contributed by atoms with van der Waals surface area (Å²) in [6.45, 7) is 2.21. The van der Waals surface area contributed by atoms with Gasteiger partial charge in [0.05, 0.1) is 12.1 Å². The summed E-state index contributed by atoms with van der Waals surface area (Å²) >= 11 is 0. The van der Waals surface area contributed by atoms with E-state index >= 15 is 0 Å². The van der Waals surface area contributed by atoms with E-state index in [4.69, 9.17) is 0 Å². The minimum atomic E-state index is 0.00655. The number of urea groups is 1. The number of likely N-dealkylation sites (tertiary alicyclic amines) is 2. The number of fused-ring (bicyclic) bond motifs is 1. The quantitative estimate of drug-likeness (QED) is 0.923. The molecule has 3 amide bonds. The standard InChI is InChI=1S/C19H25N3O2/c23-18-9-8-16-17(22(18)13-15-6-7-15)10-11-21(16)19(24)20-12-14-4-2-1-3-5-14/h1-5,15-17H,6-13H2,(H,20,24)/t16-,17-/m0/s1. The van der Waals surface area contributed by atoms with Gasteiger partial charge in [0.1, 0.15) is 0 Å². The molecule has 0 bridgehead atoms. The van der Waals surface area contributed by atoms with Gasteiger partial charge in [-0.05, 0) is 37.2 Å². The average molecular weight is 327 g/mol. The summed E-state index contributed by atoms with van der Waals surface area (Å²) in [6, 6.07) is 10.4. The third kappa shape index (κ3) is 3.12. The van der Waals surface area contributed by atoms with Crippen molar-refractivity contribution in [3.05, 3.63) is 35.9 Å². The molecule has 1 N–H and O–H groups in total. The molecule has 0 radical (unpaired) electrons. The lowest BCUT2D eigenvalue weighted by Crippen LogP contribution is -2.55. The lowest BCUT2D eigenvalue weighted by atomic mass is 9.96. The molecule has 1 saturated carbocycles. The van der Waals surface area contributed by atoms with Crippen LogP contribution in [0.2, 0.25) is 0 Å². The molecular formula is C19H25N3O2. The predicted octanol–water partition coefficient (Wildman–Crippen LogP) is 2.37. The maximum Gasteiger partial charge on any atom is 0.317 e. The van der Waals surface area contributed by atoms with Crippen molar-refractivity contribution in [2.45, 2.75) is 50.7 Å². The number of hydrogen-bond donors (Lipinski definition) is 1. The highest BCUT2D eigenvalue weighted by molar-refractivity contribution is 5.79. The topological polar surface area (TPSA) is 52.7 Å². The van der Waals surface area contributed by atoms with Crippen LogP contribution >= 0.6 is 0 Å². The highest BCUT2D eigenvalue weighted by Crippen LogP contribution is 2.36. The SMILES string of the molecule is O=C1CC[C@H]2[C@H](CCN2C(=O)NCc2ccccc2)N1CC1CC1. The van der Waals surface area contributed by atoms with Crippen LogP contribution in [0, 0.1) is 5.92 Å². The maximum atomic E-state index is 12.6. The third-order valence-corrected chi connectivity index (χ3v) is 5.58. The Morgan fingerprint density at radius 3 is 2.62 bits per heavy atom. The summed E-state index contributed by atoms with van der Waals surface area (Å²) in [7, 11) is 0. The lowest BCUT2D eigenvalue weighted by molar-refractivity contribution is -0.137. The van der Waals surface area contributed by atoms with Gasteiger partial charge in [-0.15, -0.1) is 0 Å². The number of benzene rings is 1. The van der Waals surface area contributed by atoms with Crippen LogP contribution in [0.3, 0.4) is 0 Å². The van der Waals surface area contributed by atoms with Crippen molar-refractivity contribution in [1.29, 1.82) is 0 Å². The number of rotatable bonds is 4. The number of amides is 3. The van der Waals surface area contributed by atoms with Crippen LogP contribution < -0.4 is 5.32 Å². The summed E-state index contributed by atoms with van der Waals surface area (Å²) in [5.41, 5.74) is 1.11. The molecule has 2 heterocycles. The summed E-state index contributed by atoms with van der Waals surface area (Å²) in [5, 5.41) is 3.04. The molecule has 4 rings (SSSR count). The van der Waals surface area contributed by atoms with Crippen molar-refractivity contribution >= 4 is 11.9 Å². The number of hydrogen-bond acceptors (Lipinski definition) is 2. The largest absolute Gasteiger partial charge is 0.337 e. The average Bonchev–Trinajstić information content (AvgIpc) is 3.32. The van der Waals surface area contributed by atoms with Gasteiger partial charge >= 0.3 is 6.03 Å². The zero-order chi connectivity index (χ0) is 16.5. The van der Waals surface area contributed by atoms with Crippen molar-refractivity contribution in [3.8, 4) is 0 Å². The number of nitrogens with one attached hydrogen (secondary N) is 1. The minimum Gasteiger partial charge on any atom is -0.337 e. The Labute approximate surface area is 143 Å². The number of nitrogens with zero attached hydrogens (tertiary/aromatic N) is 2. The fourth-order valence-electron chi connectivity index (χ4n) is 4.09. The Balaban J connectivity index is 1.38. The Morgan fingerprint density at radius 2 is 1.88 bits per heavy atom. The van der Waals surface area contributed by atoms with Crippen molar-refractivity contribution in [2.24, 2.45) is 5.92 Å². The lowest BCUT2D eigenvalue weighted by Gasteiger charge is -2.39. The maximum absolute atomic E-state index is 12.6. The van der Waals surface area contributed by atoms with E-state index in [0.29, 0.717) is 18.9 Å². The number of piperidine rings is 1. The molecular weight excluding hydrogens is 302 g/mol. The van der Waals surface area contributed by atoms with Crippen LogP contribution in [-0.4, -0.2) is 46.9 Å². The first-order chi connectivity index (χ1) is 11.7. The molecule has 2 atom stereocenters. The van der Waals surface area contributed by atoms with Gasteiger partial charge in [-0.3, -0.25) is 4.79 Å². The molecule has 24 heavy (non-hydrogen) atoms. The van der Waals surface area contributed by atoms with E-state index in [9.17, 15) is 9.59 Å². The first kappa shape index (κ1) is 15.5. The van der Waals surface area contributed by atoms with Crippen LogP contribution in [0.25, 0.3) is 0 Å². The second kappa shape index (κ2) is 6.46. The van der Waals surface area contributed by atoms with E-state index in [1.54, 1.807) is 0 Å². The molecule has 0 unspecified atom stereocenters. The molecule has 0 aromatic heterocycles. The predicted molar refractivity (Wildman–Crippen MR) is 91.2 cm³/mol. The van der Waals surface area contributed by atoms with Gasteiger partial charge in [0, 0.05) is 26.1 Å².